The Bertz CT molecular complexity index is 1310. The van der Waals surface area contributed by atoms with E-state index in [0.717, 1.165) is 103 Å². The fraction of sp³-hybridized carbons (Fsp3) is 0.672. The molecule has 5 heteroatoms. The molecule has 0 amide bonds. The minimum atomic E-state index is -0.576. The van der Waals surface area contributed by atoms with Crippen LogP contribution in [0.1, 0.15) is 239 Å². The van der Waals surface area contributed by atoms with Gasteiger partial charge in [0.2, 0.25) is 0 Å². The van der Waals surface area contributed by atoms with Crippen molar-refractivity contribution in [2.75, 3.05) is 19.8 Å². The van der Waals surface area contributed by atoms with Crippen LogP contribution in [0.3, 0.4) is 0 Å². The molecule has 0 saturated heterocycles. The SMILES string of the molecule is CC/C=C\C/C=C\C/C=C\C/C=C\C/C=C\CCCC(=O)OCC(COCCCCCCCC/C=C\C/C=C\CCCCC)OC(=O)CCCCCCCCC/C=C\C/C=C\CCCCC. The number of ether oxygens (including phenoxy) is 3. The Labute approximate surface area is 408 Å². The van der Waals surface area contributed by atoms with Gasteiger partial charge in [0.15, 0.2) is 6.10 Å². The molecule has 0 bridgehead atoms. The number of carbonyl (C=O) groups is 2. The zero-order valence-electron chi connectivity index (χ0n) is 43.2. The van der Waals surface area contributed by atoms with Crippen LogP contribution in [-0.2, 0) is 23.8 Å². The minimum absolute atomic E-state index is 0.0425. The van der Waals surface area contributed by atoms with Crippen LogP contribution < -0.4 is 0 Å². The van der Waals surface area contributed by atoms with Crippen molar-refractivity contribution in [3.05, 3.63) is 109 Å². The monoisotopic (exact) mass is 915 g/mol. The van der Waals surface area contributed by atoms with Crippen LogP contribution >= 0.6 is 0 Å². The summed E-state index contributed by atoms with van der Waals surface area (Å²) in [6.45, 7) is 7.57. The number of carbonyl (C=O) groups excluding carboxylic acids is 2. The van der Waals surface area contributed by atoms with Crippen molar-refractivity contribution in [3.63, 3.8) is 0 Å². The largest absolute Gasteiger partial charge is 0.462 e. The average molecular weight is 915 g/mol. The smallest absolute Gasteiger partial charge is 0.306 e. The predicted octanol–water partition coefficient (Wildman–Crippen LogP) is 18.8. The van der Waals surface area contributed by atoms with Crippen molar-refractivity contribution < 1.29 is 23.8 Å². The molecule has 0 aromatic rings. The first kappa shape index (κ1) is 62.6. The maximum Gasteiger partial charge on any atom is 0.306 e. The first-order valence-electron chi connectivity index (χ1n) is 27.4. The molecule has 1 unspecified atom stereocenters. The van der Waals surface area contributed by atoms with Crippen LogP contribution in [0.25, 0.3) is 0 Å². The summed E-state index contributed by atoms with van der Waals surface area (Å²) in [4.78, 5) is 25.5. The predicted molar refractivity (Wildman–Crippen MR) is 288 cm³/mol. The molecule has 5 nitrogen and oxygen atoms in total. The molecule has 0 aromatic heterocycles. The van der Waals surface area contributed by atoms with Gasteiger partial charge >= 0.3 is 11.9 Å². The normalized spacial score (nSPS) is 13.1. The summed E-state index contributed by atoms with van der Waals surface area (Å²) >= 11 is 0. The van der Waals surface area contributed by atoms with E-state index in [0.29, 0.717) is 19.4 Å². The van der Waals surface area contributed by atoms with E-state index in [9.17, 15) is 9.59 Å². The molecule has 0 aliphatic heterocycles. The Kier molecular flexibility index (Phi) is 53.0. The number of allylic oxidation sites excluding steroid dienone is 18. The van der Waals surface area contributed by atoms with E-state index in [4.69, 9.17) is 14.2 Å². The lowest BCUT2D eigenvalue weighted by Crippen LogP contribution is -2.30. The Morgan fingerprint density at radius 3 is 1.14 bits per heavy atom. The van der Waals surface area contributed by atoms with Crippen LogP contribution in [0, 0.1) is 0 Å². The first-order chi connectivity index (χ1) is 32.6. The Balaban J connectivity index is 4.42. The van der Waals surface area contributed by atoms with E-state index in [1.807, 2.05) is 0 Å². The highest BCUT2D eigenvalue weighted by atomic mass is 16.6. The van der Waals surface area contributed by atoms with Gasteiger partial charge in [0.05, 0.1) is 6.61 Å². The van der Waals surface area contributed by atoms with Gasteiger partial charge in [-0.15, -0.1) is 0 Å². The molecule has 0 N–H and O–H groups in total. The van der Waals surface area contributed by atoms with Gasteiger partial charge in [0.1, 0.15) is 6.61 Å². The van der Waals surface area contributed by atoms with Crippen molar-refractivity contribution in [1.82, 2.24) is 0 Å². The van der Waals surface area contributed by atoms with E-state index in [-0.39, 0.29) is 25.2 Å². The maximum absolute atomic E-state index is 12.8. The molecular weight excluding hydrogens is 813 g/mol. The van der Waals surface area contributed by atoms with Crippen LogP contribution in [0.2, 0.25) is 0 Å². The molecule has 66 heavy (non-hydrogen) atoms. The van der Waals surface area contributed by atoms with Crippen molar-refractivity contribution in [2.45, 2.75) is 245 Å². The van der Waals surface area contributed by atoms with Crippen LogP contribution in [-0.4, -0.2) is 37.9 Å². The first-order valence-corrected chi connectivity index (χ1v) is 27.4. The zero-order chi connectivity index (χ0) is 47.7. The number of rotatable bonds is 49. The molecule has 0 spiro atoms. The lowest BCUT2D eigenvalue weighted by atomic mass is 10.1. The van der Waals surface area contributed by atoms with E-state index in [2.05, 4.69) is 130 Å². The number of hydrogen-bond donors (Lipinski definition) is 0. The Morgan fingerprint density at radius 1 is 0.348 bits per heavy atom. The highest BCUT2D eigenvalue weighted by Crippen LogP contribution is 2.13. The van der Waals surface area contributed by atoms with Crippen molar-refractivity contribution in [1.29, 1.82) is 0 Å². The Hall–Kier alpha value is -3.44. The highest BCUT2D eigenvalue weighted by Gasteiger charge is 2.17. The van der Waals surface area contributed by atoms with Gasteiger partial charge in [-0.1, -0.05) is 214 Å². The van der Waals surface area contributed by atoms with Crippen molar-refractivity contribution in [3.8, 4) is 0 Å². The fourth-order valence-corrected chi connectivity index (χ4v) is 7.19. The second-order valence-corrected chi connectivity index (χ2v) is 17.7. The van der Waals surface area contributed by atoms with Crippen molar-refractivity contribution in [2.24, 2.45) is 0 Å². The van der Waals surface area contributed by atoms with Gasteiger partial charge < -0.3 is 14.2 Å². The van der Waals surface area contributed by atoms with Gasteiger partial charge in [-0.05, 0) is 122 Å². The van der Waals surface area contributed by atoms with Gasteiger partial charge in [-0.3, -0.25) is 9.59 Å². The third kappa shape index (κ3) is 53.2. The van der Waals surface area contributed by atoms with Crippen LogP contribution in [0.5, 0.6) is 0 Å². The third-order valence-corrected chi connectivity index (χ3v) is 11.3. The highest BCUT2D eigenvalue weighted by molar-refractivity contribution is 5.70. The van der Waals surface area contributed by atoms with E-state index in [1.54, 1.807) is 0 Å². The third-order valence-electron chi connectivity index (χ3n) is 11.3. The van der Waals surface area contributed by atoms with E-state index < -0.39 is 6.10 Å². The summed E-state index contributed by atoms with van der Waals surface area (Å²) in [5, 5.41) is 0. The fourth-order valence-electron chi connectivity index (χ4n) is 7.19. The van der Waals surface area contributed by atoms with Gasteiger partial charge in [-0.25, -0.2) is 0 Å². The lowest BCUT2D eigenvalue weighted by Gasteiger charge is -2.18. The molecule has 0 fully saturated rings. The number of hydrogen-bond acceptors (Lipinski definition) is 5. The van der Waals surface area contributed by atoms with Crippen LogP contribution in [0.4, 0.5) is 0 Å². The molecule has 0 aromatic carbocycles. The lowest BCUT2D eigenvalue weighted by molar-refractivity contribution is -0.163. The molecule has 0 heterocycles. The second kappa shape index (κ2) is 55.9. The summed E-state index contributed by atoms with van der Waals surface area (Å²) in [5.74, 6) is -0.482. The summed E-state index contributed by atoms with van der Waals surface area (Å²) in [5.41, 5.74) is 0. The standard InChI is InChI=1S/C61H102O5/c1-4-7-10-13-16-19-22-25-28-31-33-36-39-42-45-48-51-54-60(62)65-58-59(57-64-56-53-50-47-44-41-38-35-30-27-24-21-18-15-12-9-6-3)66-61(63)55-52-49-46-43-40-37-34-32-29-26-23-20-17-14-11-8-5-2/h7,10,16-21,25-30,33,36,42,45,59H,4-6,8-9,11-15,22-24,31-32,34-35,37-41,43-44,46-58H2,1-3H3/b10-7-,19-16-,20-17-,21-18-,28-25-,29-26-,30-27-,36-33-,45-42-. The summed E-state index contributed by atoms with van der Waals surface area (Å²) < 4.78 is 17.4. The topological polar surface area (TPSA) is 61.8 Å². The zero-order valence-corrected chi connectivity index (χ0v) is 43.2. The summed E-state index contributed by atoms with van der Waals surface area (Å²) in [6.07, 6.45) is 76.7. The summed E-state index contributed by atoms with van der Waals surface area (Å²) in [6, 6.07) is 0. The molecule has 0 aliphatic rings. The molecule has 376 valence electrons. The second-order valence-electron chi connectivity index (χ2n) is 17.7. The Morgan fingerprint density at radius 2 is 0.697 bits per heavy atom. The van der Waals surface area contributed by atoms with Gasteiger partial charge in [-0.2, -0.15) is 0 Å². The molecular formula is C61H102O5. The summed E-state index contributed by atoms with van der Waals surface area (Å²) in [7, 11) is 0. The van der Waals surface area contributed by atoms with Crippen molar-refractivity contribution >= 4 is 11.9 Å². The van der Waals surface area contributed by atoms with Gasteiger partial charge in [0.25, 0.3) is 0 Å². The molecule has 0 aliphatic carbocycles. The average Bonchev–Trinajstić information content (AvgIpc) is 3.32. The molecule has 0 saturated carbocycles. The molecule has 1 atom stereocenters. The number of esters is 2. The van der Waals surface area contributed by atoms with E-state index >= 15 is 0 Å². The van der Waals surface area contributed by atoms with Crippen LogP contribution in [0.15, 0.2) is 109 Å². The molecule has 0 rings (SSSR count). The van der Waals surface area contributed by atoms with Gasteiger partial charge in [0, 0.05) is 19.4 Å². The van der Waals surface area contributed by atoms with E-state index in [1.165, 1.54) is 103 Å². The maximum atomic E-state index is 12.8. The number of unbranched alkanes of at least 4 members (excludes halogenated alkanes) is 20. The quantitative estimate of drug-likeness (QED) is 0.0346. The minimum Gasteiger partial charge on any atom is -0.462 e. The molecule has 0 radical (unpaired) electrons.